The van der Waals surface area contributed by atoms with E-state index < -0.39 is 0 Å². The Kier molecular flexibility index (Phi) is 15.9. The maximum atomic E-state index is 4.26. The quantitative estimate of drug-likeness (QED) is 0.792. The van der Waals surface area contributed by atoms with Gasteiger partial charge in [0.2, 0.25) is 0 Å². The first-order valence-corrected chi connectivity index (χ1v) is 6.81. The first kappa shape index (κ1) is 19.3. The average molecular weight is 302 g/mol. The van der Waals surface area contributed by atoms with Crippen LogP contribution in [0.2, 0.25) is 0 Å². The molecule has 0 saturated carbocycles. The number of benzene rings is 1. The molecule has 0 radical (unpaired) electrons. The zero-order valence-corrected chi connectivity index (χ0v) is 13.1. The summed E-state index contributed by atoms with van der Waals surface area (Å²) in [5, 5.41) is 0. The van der Waals surface area contributed by atoms with Crippen LogP contribution in [0, 0.1) is 6.92 Å². The Hall–Kier alpha value is -0.0765. The second-order valence-corrected chi connectivity index (χ2v) is 4.26. The number of aryl methyl sites for hydroxylation is 1. The second-order valence-electron chi connectivity index (χ2n) is 4.26. The molecule has 0 N–H and O–H groups in total. The van der Waals surface area contributed by atoms with E-state index in [0.29, 0.717) is 0 Å². The zero-order chi connectivity index (χ0) is 13.7. The fraction of sp³-hybridized carbons (Fsp3) is 0.538. The third-order valence-electron chi connectivity index (χ3n) is 1.93. The van der Waals surface area contributed by atoms with Gasteiger partial charge in [-0.15, -0.1) is 0 Å². The number of rotatable bonds is 3. The Morgan fingerprint density at radius 2 is 1.24 bits per heavy atom. The van der Waals surface area contributed by atoms with Gasteiger partial charge in [-0.1, -0.05) is 35.9 Å². The Labute approximate surface area is 119 Å². The van der Waals surface area contributed by atoms with E-state index in [1.54, 1.807) is 0 Å². The molecule has 4 heteroatoms. The Balaban J connectivity index is 0. The van der Waals surface area contributed by atoms with E-state index in [2.05, 4.69) is 81.8 Å². The topological polar surface area (TPSA) is 6.48 Å². The van der Waals surface area contributed by atoms with Gasteiger partial charge in [-0.05, 0) is 35.1 Å². The maximum absolute atomic E-state index is 4.26. The number of likely N-dealkylation sites (N-methyl/N-ethyl adjacent to an activating group) is 2. The normalized spacial score (nSPS) is 9.29. The van der Waals surface area contributed by atoms with Crippen molar-refractivity contribution in [2.24, 2.45) is 0 Å². The summed E-state index contributed by atoms with van der Waals surface area (Å²) in [5.74, 6) is 0. The fourth-order valence-corrected chi connectivity index (χ4v) is 0.934. The van der Waals surface area contributed by atoms with Crippen molar-refractivity contribution in [3.05, 3.63) is 35.9 Å². The molecule has 103 valence electrons. The molecule has 0 unspecified atom stereocenters. The molecular formula is C13H24ClN2Ni. The summed E-state index contributed by atoms with van der Waals surface area (Å²) in [6.45, 7) is 4.38. The van der Waals surface area contributed by atoms with Crippen LogP contribution in [0.25, 0.3) is 0 Å². The molecule has 0 aliphatic rings. The van der Waals surface area contributed by atoms with Gasteiger partial charge in [0, 0.05) is 13.1 Å². The minimum absolute atomic E-state index is 1.15. The van der Waals surface area contributed by atoms with Crippen molar-refractivity contribution >= 4 is 10.2 Å². The summed E-state index contributed by atoms with van der Waals surface area (Å²) in [4.78, 5) is 4.36. The van der Waals surface area contributed by atoms with Crippen LogP contribution in [-0.4, -0.2) is 51.1 Å². The van der Waals surface area contributed by atoms with Gasteiger partial charge in [-0.2, -0.15) is 0 Å². The van der Waals surface area contributed by atoms with Gasteiger partial charge < -0.3 is 9.80 Å². The molecule has 0 bridgehead atoms. The van der Waals surface area contributed by atoms with Crippen LogP contribution in [0.3, 0.4) is 0 Å². The minimum atomic E-state index is 1.15. The molecule has 0 aliphatic carbocycles. The van der Waals surface area contributed by atoms with Crippen LogP contribution in [0.4, 0.5) is 0 Å². The van der Waals surface area contributed by atoms with Crippen molar-refractivity contribution in [2.75, 3.05) is 41.3 Å². The first-order chi connectivity index (χ1) is 8.02. The molecule has 0 atom stereocenters. The van der Waals surface area contributed by atoms with E-state index in [4.69, 9.17) is 0 Å². The average Bonchev–Trinajstić information content (AvgIpc) is 2.31. The Morgan fingerprint density at radius 1 is 0.882 bits per heavy atom. The van der Waals surface area contributed by atoms with E-state index in [0.717, 1.165) is 13.1 Å². The van der Waals surface area contributed by atoms with Crippen LogP contribution in [0.5, 0.6) is 0 Å². The third-order valence-corrected chi connectivity index (χ3v) is 1.93. The predicted molar refractivity (Wildman–Crippen MR) is 74.1 cm³/mol. The van der Waals surface area contributed by atoms with Crippen molar-refractivity contribution in [1.29, 1.82) is 0 Å². The van der Waals surface area contributed by atoms with Crippen LogP contribution in [-0.2, 0) is 14.6 Å². The number of hydrogen-bond donors (Lipinski definition) is 0. The molecule has 0 saturated heterocycles. The van der Waals surface area contributed by atoms with Gasteiger partial charge in [-0.3, -0.25) is 0 Å². The van der Waals surface area contributed by atoms with E-state index in [-0.39, 0.29) is 0 Å². The summed E-state index contributed by atoms with van der Waals surface area (Å²) >= 11 is 3.35. The molecule has 17 heavy (non-hydrogen) atoms. The Bertz CT molecular complexity index is 232. The standard InChI is InChI=1S/C7H8.C6H16N2.ClH.Ni/c1-7-5-3-2-4-6-7;1-7(2)5-6-8(3)4;;/h2-6H,1H3;5-6H2,1-4H3;1H;/q;;;+1/p-1. The van der Waals surface area contributed by atoms with Crippen molar-refractivity contribution in [1.82, 2.24) is 9.80 Å². The molecule has 0 heterocycles. The summed E-state index contributed by atoms with van der Waals surface area (Å²) < 4.78 is 0. The van der Waals surface area contributed by atoms with Gasteiger partial charge >= 0.3 is 24.8 Å². The van der Waals surface area contributed by atoms with Crippen LogP contribution in [0.15, 0.2) is 30.3 Å². The van der Waals surface area contributed by atoms with Gasteiger partial charge in [-0.25, -0.2) is 0 Å². The molecule has 0 amide bonds. The monoisotopic (exact) mass is 301 g/mol. The SMILES string of the molecule is CN(C)CCN(C)C.Cc1ccccc1.[Cl][Ni]. The molecule has 0 aromatic heterocycles. The van der Waals surface area contributed by atoms with Gasteiger partial charge in [0.1, 0.15) is 0 Å². The summed E-state index contributed by atoms with van der Waals surface area (Å²) in [6, 6.07) is 10.3. The van der Waals surface area contributed by atoms with Crippen LogP contribution in [0.1, 0.15) is 5.56 Å². The number of halogens is 1. The van der Waals surface area contributed by atoms with Gasteiger partial charge in [0.05, 0.1) is 0 Å². The summed E-state index contributed by atoms with van der Waals surface area (Å²) in [6.07, 6.45) is 0. The molecule has 1 aromatic rings. The van der Waals surface area contributed by atoms with Gasteiger partial charge in [0.15, 0.2) is 0 Å². The number of hydrogen-bond acceptors (Lipinski definition) is 2. The van der Waals surface area contributed by atoms with Crippen molar-refractivity contribution in [2.45, 2.75) is 6.92 Å². The van der Waals surface area contributed by atoms with E-state index >= 15 is 0 Å². The van der Waals surface area contributed by atoms with Crippen molar-refractivity contribution in [3.63, 3.8) is 0 Å². The van der Waals surface area contributed by atoms with E-state index in [1.807, 2.05) is 18.2 Å². The number of nitrogens with zero attached hydrogens (tertiary/aromatic N) is 2. The molecular weight excluding hydrogens is 278 g/mol. The zero-order valence-electron chi connectivity index (χ0n) is 11.4. The third kappa shape index (κ3) is 18.5. The molecule has 1 aromatic carbocycles. The molecule has 0 fully saturated rings. The first-order valence-electron chi connectivity index (χ1n) is 5.45. The molecule has 1 rings (SSSR count). The van der Waals surface area contributed by atoms with Crippen molar-refractivity contribution in [3.8, 4) is 0 Å². The fourth-order valence-electron chi connectivity index (χ4n) is 0.934. The van der Waals surface area contributed by atoms with E-state index in [1.165, 1.54) is 5.56 Å². The molecule has 2 nitrogen and oxygen atoms in total. The summed E-state index contributed by atoms with van der Waals surface area (Å²) in [7, 11) is 12.6. The van der Waals surface area contributed by atoms with Crippen LogP contribution >= 0.6 is 10.2 Å². The summed E-state index contributed by atoms with van der Waals surface area (Å²) in [5.41, 5.74) is 1.32. The Morgan fingerprint density at radius 3 is 1.41 bits per heavy atom. The molecule has 0 aliphatic heterocycles. The van der Waals surface area contributed by atoms with Gasteiger partial charge in [0.25, 0.3) is 0 Å². The molecule has 0 spiro atoms. The van der Waals surface area contributed by atoms with Crippen molar-refractivity contribution < 1.29 is 14.6 Å². The van der Waals surface area contributed by atoms with Crippen LogP contribution < -0.4 is 0 Å². The second kappa shape index (κ2) is 14.0. The van der Waals surface area contributed by atoms with E-state index in [9.17, 15) is 0 Å². The predicted octanol–water partition coefficient (Wildman–Crippen LogP) is 2.79.